The van der Waals surface area contributed by atoms with Gasteiger partial charge in [-0.15, -0.1) is 0 Å². The molecular formula is C23H30N2O6. The molecule has 0 aromatic heterocycles. The van der Waals surface area contributed by atoms with Gasteiger partial charge in [-0.1, -0.05) is 0 Å². The van der Waals surface area contributed by atoms with Crippen molar-refractivity contribution < 1.29 is 28.5 Å². The van der Waals surface area contributed by atoms with Crippen LogP contribution in [-0.2, 0) is 24.5 Å². The smallest absolute Gasteiger partial charge is 0.311 e. The van der Waals surface area contributed by atoms with Crippen LogP contribution in [0.15, 0.2) is 12.1 Å². The lowest BCUT2D eigenvalue weighted by Crippen LogP contribution is -2.59. The molecule has 1 spiro atoms. The molecule has 1 aromatic carbocycles. The summed E-state index contributed by atoms with van der Waals surface area (Å²) in [6.45, 7) is 4.13. The van der Waals surface area contributed by atoms with E-state index in [4.69, 9.17) is 18.9 Å². The fraction of sp³-hybridized carbons (Fsp3) is 0.652. The lowest BCUT2D eigenvalue weighted by molar-refractivity contribution is -0.169. The zero-order chi connectivity index (χ0) is 21.9. The van der Waals surface area contributed by atoms with Crippen molar-refractivity contribution in [2.24, 2.45) is 17.8 Å². The van der Waals surface area contributed by atoms with Gasteiger partial charge in [0.1, 0.15) is 0 Å². The van der Waals surface area contributed by atoms with Gasteiger partial charge < -0.3 is 24.3 Å². The largest absolute Gasteiger partial charge is 0.493 e. The van der Waals surface area contributed by atoms with E-state index < -0.39 is 5.41 Å². The van der Waals surface area contributed by atoms with Crippen LogP contribution < -0.4 is 14.8 Å². The van der Waals surface area contributed by atoms with Gasteiger partial charge in [0.2, 0.25) is 5.91 Å². The molecule has 1 N–H and O–H groups in total. The average Bonchev–Trinajstić information content (AvgIpc) is 3.29. The second kappa shape index (κ2) is 7.38. The number of hydrogen-bond acceptors (Lipinski definition) is 7. The van der Waals surface area contributed by atoms with Crippen LogP contribution in [0.3, 0.4) is 0 Å². The average molecular weight is 431 g/mol. The minimum Gasteiger partial charge on any atom is -0.493 e. The van der Waals surface area contributed by atoms with Gasteiger partial charge in [-0.05, 0) is 43.9 Å². The molecule has 0 saturated carbocycles. The Hall–Kier alpha value is -2.32. The molecule has 0 aliphatic carbocycles. The van der Waals surface area contributed by atoms with Gasteiger partial charge in [0.05, 0.1) is 45.4 Å². The summed E-state index contributed by atoms with van der Waals surface area (Å²) in [6.07, 6.45) is 1.58. The van der Waals surface area contributed by atoms with E-state index in [9.17, 15) is 9.59 Å². The highest BCUT2D eigenvalue weighted by atomic mass is 16.5. The van der Waals surface area contributed by atoms with E-state index in [0.717, 1.165) is 37.2 Å². The number of benzene rings is 1. The van der Waals surface area contributed by atoms with E-state index in [2.05, 4.69) is 17.1 Å². The van der Waals surface area contributed by atoms with E-state index in [1.54, 1.807) is 14.2 Å². The van der Waals surface area contributed by atoms with Crippen LogP contribution in [0.2, 0.25) is 0 Å². The molecule has 3 saturated heterocycles. The molecule has 4 heterocycles. The first-order chi connectivity index (χ1) is 14.9. The molecule has 1 amide bonds. The van der Waals surface area contributed by atoms with Crippen molar-refractivity contribution in [3.05, 3.63) is 17.7 Å². The predicted molar refractivity (Wildman–Crippen MR) is 112 cm³/mol. The number of piperidine rings is 1. The zero-order valence-corrected chi connectivity index (χ0v) is 18.5. The molecule has 1 aromatic rings. The number of carbonyl (C=O) groups is 2. The number of hydrogen-bond donors (Lipinski definition) is 1. The summed E-state index contributed by atoms with van der Waals surface area (Å²) in [5.74, 6) is 1.12. The highest BCUT2D eigenvalue weighted by molar-refractivity contribution is 6.07. The molecule has 3 fully saturated rings. The molecule has 5 unspecified atom stereocenters. The van der Waals surface area contributed by atoms with Crippen molar-refractivity contribution in [2.75, 3.05) is 46.3 Å². The SMILES string of the molecule is COC(=O)[C@H]1COC(C)C2CN3CCC4(C(=O)Nc5cc(OC)c(OC)cc54)C3CC21. The molecule has 168 valence electrons. The van der Waals surface area contributed by atoms with E-state index in [1.807, 2.05) is 12.1 Å². The summed E-state index contributed by atoms with van der Waals surface area (Å²) in [5.41, 5.74) is 1.11. The Morgan fingerprint density at radius 3 is 2.65 bits per heavy atom. The number of ether oxygens (including phenoxy) is 4. The van der Waals surface area contributed by atoms with Crippen LogP contribution in [0, 0.1) is 17.8 Å². The van der Waals surface area contributed by atoms with Crippen molar-refractivity contribution in [3.63, 3.8) is 0 Å². The lowest BCUT2D eigenvalue weighted by atomic mass is 9.65. The minimum atomic E-state index is -0.651. The number of amides is 1. The summed E-state index contributed by atoms with van der Waals surface area (Å²) in [7, 11) is 4.63. The third-order valence-electron chi connectivity index (χ3n) is 8.11. The first kappa shape index (κ1) is 20.6. The number of fused-ring (bicyclic) bond motifs is 5. The van der Waals surface area contributed by atoms with E-state index in [0.29, 0.717) is 18.1 Å². The highest BCUT2D eigenvalue weighted by Crippen LogP contribution is 2.55. The Bertz CT molecular complexity index is 920. The molecule has 8 heteroatoms. The lowest BCUT2D eigenvalue weighted by Gasteiger charge is -2.50. The number of esters is 1. The van der Waals surface area contributed by atoms with Crippen LogP contribution in [-0.4, -0.2) is 69.9 Å². The molecule has 5 rings (SSSR count). The maximum atomic E-state index is 13.5. The predicted octanol–water partition coefficient (Wildman–Crippen LogP) is 1.81. The summed E-state index contributed by atoms with van der Waals surface area (Å²) in [6, 6.07) is 3.82. The molecule has 6 atom stereocenters. The van der Waals surface area contributed by atoms with Gasteiger partial charge in [-0.3, -0.25) is 14.5 Å². The van der Waals surface area contributed by atoms with Gasteiger partial charge in [0, 0.05) is 30.3 Å². The first-order valence-electron chi connectivity index (χ1n) is 11.0. The topological polar surface area (TPSA) is 86.3 Å². The molecule has 4 aliphatic heterocycles. The monoisotopic (exact) mass is 430 g/mol. The minimum absolute atomic E-state index is 0.0190. The van der Waals surface area contributed by atoms with Crippen molar-refractivity contribution >= 4 is 17.6 Å². The van der Waals surface area contributed by atoms with Gasteiger partial charge >= 0.3 is 5.97 Å². The normalized spacial score (nSPS) is 36.4. The van der Waals surface area contributed by atoms with Crippen molar-refractivity contribution in [1.29, 1.82) is 0 Å². The van der Waals surface area contributed by atoms with Gasteiger partial charge in [0.15, 0.2) is 11.5 Å². The van der Waals surface area contributed by atoms with Crippen LogP contribution in [0.25, 0.3) is 0 Å². The van der Waals surface area contributed by atoms with Crippen LogP contribution in [0.4, 0.5) is 5.69 Å². The summed E-state index contributed by atoms with van der Waals surface area (Å²) in [5, 5.41) is 3.10. The summed E-state index contributed by atoms with van der Waals surface area (Å²) >= 11 is 0. The number of anilines is 1. The van der Waals surface area contributed by atoms with Crippen molar-refractivity contribution in [2.45, 2.75) is 37.3 Å². The standard InChI is InChI=1S/C23H30N2O6/c1-12-14-10-25-6-5-23(20(25)7-13(14)15(11-31-12)21(26)30-4)16-8-18(28-2)19(29-3)9-17(16)24-22(23)27/h8-9,12-15,20H,5-7,10-11H2,1-4H3,(H,24,27)/t12?,13?,14?,15-,20?,23?/m0/s1. The number of carbonyl (C=O) groups excluding carboxylic acids is 2. The summed E-state index contributed by atoms with van der Waals surface area (Å²) in [4.78, 5) is 28.4. The number of nitrogens with one attached hydrogen (secondary N) is 1. The Balaban J connectivity index is 1.55. The maximum absolute atomic E-state index is 13.5. The fourth-order valence-electron chi connectivity index (χ4n) is 6.50. The zero-order valence-electron chi connectivity index (χ0n) is 18.5. The fourth-order valence-corrected chi connectivity index (χ4v) is 6.50. The molecule has 0 bridgehead atoms. The Morgan fingerprint density at radius 2 is 1.94 bits per heavy atom. The van der Waals surface area contributed by atoms with Crippen LogP contribution >= 0.6 is 0 Å². The number of methoxy groups -OCH3 is 3. The number of rotatable bonds is 3. The Kier molecular flexibility index (Phi) is 4.90. The highest BCUT2D eigenvalue weighted by Gasteiger charge is 2.62. The maximum Gasteiger partial charge on any atom is 0.311 e. The second-order valence-corrected chi connectivity index (χ2v) is 9.17. The third-order valence-corrected chi connectivity index (χ3v) is 8.11. The Morgan fingerprint density at radius 1 is 1.19 bits per heavy atom. The van der Waals surface area contributed by atoms with Gasteiger partial charge in [-0.25, -0.2) is 0 Å². The molecule has 31 heavy (non-hydrogen) atoms. The Labute approximate surface area is 182 Å². The van der Waals surface area contributed by atoms with Gasteiger partial charge in [0.25, 0.3) is 0 Å². The molecular weight excluding hydrogens is 400 g/mol. The van der Waals surface area contributed by atoms with Crippen LogP contribution in [0.5, 0.6) is 11.5 Å². The van der Waals surface area contributed by atoms with Crippen molar-refractivity contribution in [3.8, 4) is 11.5 Å². The van der Waals surface area contributed by atoms with Crippen LogP contribution in [0.1, 0.15) is 25.3 Å². The third kappa shape index (κ3) is 2.80. The quantitative estimate of drug-likeness (QED) is 0.732. The van der Waals surface area contributed by atoms with E-state index >= 15 is 0 Å². The second-order valence-electron chi connectivity index (χ2n) is 9.17. The first-order valence-corrected chi connectivity index (χ1v) is 11.0. The number of nitrogens with zero attached hydrogens (tertiary/aromatic N) is 1. The summed E-state index contributed by atoms with van der Waals surface area (Å²) < 4.78 is 22.0. The van der Waals surface area contributed by atoms with Crippen molar-refractivity contribution in [1.82, 2.24) is 4.90 Å². The molecule has 8 nitrogen and oxygen atoms in total. The molecule has 0 radical (unpaired) electrons. The van der Waals surface area contributed by atoms with Gasteiger partial charge in [-0.2, -0.15) is 0 Å². The van der Waals surface area contributed by atoms with E-state index in [-0.39, 0.29) is 41.8 Å². The molecule has 4 aliphatic rings. The van der Waals surface area contributed by atoms with E-state index in [1.165, 1.54) is 7.11 Å².